The highest BCUT2D eigenvalue weighted by Gasteiger charge is 2.13. The number of hydrogen-bond acceptors (Lipinski definition) is 1. The zero-order valence-corrected chi connectivity index (χ0v) is 15.4. The van der Waals surface area contributed by atoms with Gasteiger partial charge in [-0.2, -0.15) is 0 Å². The smallest absolute Gasteiger partial charge is 0.199 e. The highest BCUT2D eigenvalue weighted by Crippen LogP contribution is 2.30. The van der Waals surface area contributed by atoms with Gasteiger partial charge < -0.3 is 4.90 Å². The molecule has 0 aromatic heterocycles. The predicted molar refractivity (Wildman–Crippen MR) is 109 cm³/mol. The van der Waals surface area contributed by atoms with E-state index in [0.717, 1.165) is 0 Å². The van der Waals surface area contributed by atoms with Crippen LogP contribution in [-0.4, -0.2) is 38.5 Å². The number of allylic oxidation sites excluding steroid dienone is 5. The first kappa shape index (κ1) is 17.0. The summed E-state index contributed by atoms with van der Waals surface area (Å²) in [7, 11) is 8.27. The second-order valence-electron chi connectivity index (χ2n) is 6.62. The van der Waals surface area contributed by atoms with Gasteiger partial charge in [0.25, 0.3) is 0 Å². The topological polar surface area (TPSA) is 6.25 Å². The Morgan fingerprint density at radius 3 is 1.80 bits per heavy atom. The molecule has 0 spiro atoms. The van der Waals surface area contributed by atoms with Gasteiger partial charge in [-0.25, -0.2) is 4.58 Å². The summed E-state index contributed by atoms with van der Waals surface area (Å²) in [5.41, 5.74) is 7.37. The van der Waals surface area contributed by atoms with Crippen molar-refractivity contribution in [2.45, 2.75) is 0 Å². The molecule has 3 rings (SSSR count). The maximum absolute atomic E-state index is 2.21. The average Bonchev–Trinajstić information content (AvgIpc) is 2.64. The molecule has 2 aromatic rings. The van der Waals surface area contributed by atoms with E-state index in [-0.39, 0.29) is 0 Å². The average molecular weight is 333 g/mol. The highest BCUT2D eigenvalue weighted by atomic mass is 15.3. The maximum Gasteiger partial charge on any atom is 0.199 e. The Balaban J connectivity index is 2.12. The van der Waals surface area contributed by atoms with Gasteiger partial charge in [-0.05, 0) is 46.6 Å². The molecule has 0 amide bonds. The van der Waals surface area contributed by atoms with Crippen LogP contribution in [0.15, 0.2) is 84.5 Å². The minimum atomic E-state index is 1.21. The van der Waals surface area contributed by atoms with Crippen molar-refractivity contribution in [1.82, 2.24) is 0 Å². The first-order valence-electron chi connectivity index (χ1n) is 8.54. The summed E-state index contributed by atoms with van der Waals surface area (Å²) in [4.78, 5) is 2.12. The summed E-state index contributed by atoms with van der Waals surface area (Å²) < 4.78 is 2.12. The molecule has 0 radical (unpaired) electrons. The number of rotatable bonds is 3. The Kier molecular flexibility index (Phi) is 4.99. The first-order chi connectivity index (χ1) is 12.1. The van der Waals surface area contributed by atoms with Crippen LogP contribution in [-0.2, 0) is 0 Å². The molecule has 2 aromatic carbocycles. The second kappa shape index (κ2) is 7.35. The van der Waals surface area contributed by atoms with Crippen LogP contribution in [0.4, 0.5) is 5.69 Å². The van der Waals surface area contributed by atoms with Gasteiger partial charge in [0.15, 0.2) is 5.71 Å². The van der Waals surface area contributed by atoms with E-state index in [2.05, 4.69) is 117 Å². The molecule has 1 aliphatic rings. The van der Waals surface area contributed by atoms with E-state index in [1.165, 1.54) is 33.7 Å². The standard InChI is InChI=1S/C23H25N2/c1-24(2)21-14-10-19(11-15-21)23(18-8-6-5-7-9-18)20-12-16-22(17-13-20)25(3)4/h5-17H,1-4H3/q+1/i1+1,2+1,3+1,4+1. The van der Waals surface area contributed by atoms with Gasteiger partial charge >= 0.3 is 0 Å². The molecule has 0 heterocycles. The summed E-state index contributed by atoms with van der Waals surface area (Å²) in [6, 6.07) is 19.4. The minimum absolute atomic E-state index is 1.21. The lowest BCUT2D eigenvalue weighted by molar-refractivity contribution is -0.462. The van der Waals surface area contributed by atoms with E-state index in [0.29, 0.717) is 0 Å². The molecule has 0 aliphatic heterocycles. The van der Waals surface area contributed by atoms with Crippen LogP contribution in [0.3, 0.4) is 0 Å². The molecular formula is C23H25N2+. The Morgan fingerprint density at radius 1 is 0.720 bits per heavy atom. The van der Waals surface area contributed by atoms with E-state index >= 15 is 0 Å². The van der Waals surface area contributed by atoms with Crippen molar-refractivity contribution < 1.29 is 4.58 Å². The van der Waals surface area contributed by atoms with Crippen molar-refractivity contribution in [3.63, 3.8) is 0 Å². The molecule has 0 saturated carbocycles. The van der Waals surface area contributed by atoms with Crippen LogP contribution in [0, 0.1) is 0 Å². The molecule has 2 heteroatoms. The van der Waals surface area contributed by atoms with Crippen LogP contribution in [0.1, 0.15) is 11.1 Å². The van der Waals surface area contributed by atoms with Crippen LogP contribution in [0.25, 0.3) is 5.57 Å². The van der Waals surface area contributed by atoms with E-state index in [1.54, 1.807) is 0 Å². The lowest BCUT2D eigenvalue weighted by atomic mass is 9.91. The van der Waals surface area contributed by atoms with Crippen molar-refractivity contribution in [3.8, 4) is 0 Å². The molecule has 1 aliphatic carbocycles. The molecule has 0 fully saturated rings. The van der Waals surface area contributed by atoms with E-state index in [1.807, 2.05) is 0 Å². The van der Waals surface area contributed by atoms with Gasteiger partial charge in [-0.15, -0.1) is 0 Å². The first-order valence-corrected chi connectivity index (χ1v) is 8.54. The normalized spacial score (nSPS) is 13.1. The fourth-order valence-corrected chi connectivity index (χ4v) is 2.96. The third-order valence-electron chi connectivity index (χ3n) is 4.41. The van der Waals surface area contributed by atoms with Crippen molar-refractivity contribution in [2.24, 2.45) is 0 Å². The summed E-state index contributed by atoms with van der Waals surface area (Å²) in [5.74, 6) is 0. The van der Waals surface area contributed by atoms with Crippen molar-refractivity contribution >= 4 is 17.0 Å². The number of nitrogens with zero attached hydrogens (tertiary/aromatic N) is 2. The zero-order valence-electron chi connectivity index (χ0n) is 15.4. The summed E-state index contributed by atoms with van der Waals surface area (Å²) in [6.45, 7) is 0. The highest BCUT2D eigenvalue weighted by molar-refractivity contribution is 6.03. The van der Waals surface area contributed by atoms with Crippen LogP contribution in [0.5, 0.6) is 0 Å². The van der Waals surface area contributed by atoms with Gasteiger partial charge in [0.05, 0.1) is 0 Å². The Bertz CT molecular complexity index is 842. The zero-order chi connectivity index (χ0) is 17.8. The predicted octanol–water partition coefficient (Wildman–Crippen LogP) is 4.39. The van der Waals surface area contributed by atoms with Crippen LogP contribution >= 0.6 is 0 Å². The minimum Gasteiger partial charge on any atom is -0.378 e. The van der Waals surface area contributed by atoms with Gasteiger partial charge in [-0.3, -0.25) is 0 Å². The second-order valence-corrected chi connectivity index (χ2v) is 6.62. The van der Waals surface area contributed by atoms with E-state index < -0.39 is 0 Å². The maximum atomic E-state index is 2.21. The van der Waals surface area contributed by atoms with Gasteiger partial charge in [0, 0.05) is 31.9 Å². The molecule has 25 heavy (non-hydrogen) atoms. The summed E-state index contributed by atoms with van der Waals surface area (Å²) >= 11 is 0. The molecule has 0 atom stereocenters. The SMILES string of the molecule is [13CH3]N([13CH3])c1ccc(C(=C2C=CC(=[N+]([13CH3])[13CH3])C=C2)c2ccccc2)cc1. The monoisotopic (exact) mass is 333 g/mol. The third kappa shape index (κ3) is 3.80. The van der Waals surface area contributed by atoms with Crippen molar-refractivity contribution in [1.29, 1.82) is 0 Å². The van der Waals surface area contributed by atoms with E-state index in [9.17, 15) is 0 Å². The van der Waals surface area contributed by atoms with Crippen molar-refractivity contribution in [2.75, 3.05) is 33.1 Å². The van der Waals surface area contributed by atoms with Crippen molar-refractivity contribution in [3.05, 3.63) is 95.6 Å². The largest absolute Gasteiger partial charge is 0.378 e. The molecule has 0 N–H and O–H groups in total. The molecule has 126 valence electrons. The number of anilines is 1. The Hall–Kier alpha value is -2.87. The summed E-state index contributed by atoms with van der Waals surface area (Å²) in [6.07, 6.45) is 8.76. The number of benzene rings is 2. The quantitative estimate of drug-likeness (QED) is 0.596. The third-order valence-corrected chi connectivity index (χ3v) is 4.41. The van der Waals surface area contributed by atoms with E-state index in [4.69, 9.17) is 0 Å². The molecule has 0 saturated heterocycles. The van der Waals surface area contributed by atoms with Crippen LogP contribution < -0.4 is 4.90 Å². The molecular weight excluding hydrogens is 308 g/mol. The van der Waals surface area contributed by atoms with Crippen LogP contribution in [0.2, 0.25) is 0 Å². The fraction of sp³-hybridized carbons (Fsp3) is 0.174. The van der Waals surface area contributed by atoms with Gasteiger partial charge in [0.2, 0.25) is 0 Å². The molecule has 0 bridgehead atoms. The Morgan fingerprint density at radius 2 is 1.28 bits per heavy atom. The number of hydrogen-bond donors (Lipinski definition) is 0. The lowest BCUT2D eigenvalue weighted by Gasteiger charge is -2.16. The summed E-state index contributed by atoms with van der Waals surface area (Å²) in [5, 5.41) is 0. The van der Waals surface area contributed by atoms with Gasteiger partial charge in [0.1, 0.15) is 14.1 Å². The lowest BCUT2D eigenvalue weighted by Crippen LogP contribution is -2.10. The fourth-order valence-electron chi connectivity index (χ4n) is 2.96. The molecule has 2 nitrogen and oxygen atoms in total. The van der Waals surface area contributed by atoms with Gasteiger partial charge in [-0.1, -0.05) is 42.5 Å². The molecule has 0 unspecified atom stereocenters. The Labute approximate surface area is 150 Å².